The van der Waals surface area contributed by atoms with Crippen LogP contribution in [-0.2, 0) is 0 Å². The molecule has 0 aliphatic heterocycles. The zero-order chi connectivity index (χ0) is 44.7. The molecule has 0 amide bonds. The highest BCUT2D eigenvalue weighted by atomic mass is 15.2. The van der Waals surface area contributed by atoms with E-state index in [0.29, 0.717) is 23.3 Å². The van der Waals surface area contributed by atoms with Crippen molar-refractivity contribution in [3.63, 3.8) is 0 Å². The maximum atomic E-state index is 5.36. The quantitative estimate of drug-likeness (QED) is 0.156. The second-order valence-electron chi connectivity index (χ2n) is 17.4. The third-order valence-corrected chi connectivity index (χ3v) is 13.6. The van der Waals surface area contributed by atoms with E-state index in [-0.39, 0.29) is 0 Å². The molecule has 4 aromatic heterocycles. The minimum absolute atomic E-state index is 0.495. The summed E-state index contributed by atoms with van der Waals surface area (Å²) in [6.45, 7) is 0. The van der Waals surface area contributed by atoms with Crippen LogP contribution in [0, 0.1) is 0 Å². The Balaban J connectivity index is 1.03. The van der Waals surface area contributed by atoms with Gasteiger partial charge >= 0.3 is 0 Å². The summed E-state index contributed by atoms with van der Waals surface area (Å²) in [6.07, 6.45) is 0. The molecule has 0 aliphatic rings. The van der Waals surface area contributed by atoms with Crippen molar-refractivity contribution in [3.05, 3.63) is 231 Å². The first kappa shape index (κ1) is 38.1. The van der Waals surface area contributed by atoms with E-state index in [9.17, 15) is 0 Å². The van der Waals surface area contributed by atoms with Crippen molar-refractivity contribution >= 4 is 75.9 Å². The number of nitrogens with zero attached hydrogens (tertiary/aromatic N) is 6. The number of hydrogen-bond acceptors (Lipinski definition) is 4. The second-order valence-corrected chi connectivity index (χ2v) is 17.4. The third-order valence-electron chi connectivity index (χ3n) is 13.6. The smallest absolute Gasteiger partial charge is 0.238 e. The van der Waals surface area contributed by atoms with Gasteiger partial charge in [0.2, 0.25) is 5.95 Å². The van der Waals surface area contributed by atoms with E-state index >= 15 is 0 Å². The predicted octanol–water partition coefficient (Wildman–Crippen LogP) is 15.6. The highest BCUT2D eigenvalue weighted by Crippen LogP contribution is 2.43. The van der Waals surface area contributed by atoms with E-state index in [2.05, 4.69) is 173 Å². The Hall–Kier alpha value is -9.26. The lowest BCUT2D eigenvalue weighted by atomic mass is 9.92. The van der Waals surface area contributed by atoms with Gasteiger partial charge in [-0.2, -0.15) is 9.97 Å². The zero-order valence-corrected chi connectivity index (χ0v) is 36.6. The van der Waals surface area contributed by atoms with Crippen LogP contribution in [0.15, 0.2) is 231 Å². The van der Waals surface area contributed by atoms with Gasteiger partial charge < -0.3 is 4.57 Å². The molecular weight excluding hydrogens is 829 g/mol. The summed E-state index contributed by atoms with van der Waals surface area (Å²) in [5.41, 5.74) is 11.0. The fraction of sp³-hybridized carbons (Fsp3) is 0. The molecule has 4 heterocycles. The number of aromatic nitrogens is 6. The number of benzene rings is 10. The first-order chi connectivity index (χ1) is 33.7. The van der Waals surface area contributed by atoms with Gasteiger partial charge in [0.15, 0.2) is 11.6 Å². The van der Waals surface area contributed by atoms with Gasteiger partial charge in [0.1, 0.15) is 5.69 Å². The van der Waals surface area contributed by atoms with Crippen LogP contribution in [0.3, 0.4) is 0 Å². The average molecular weight is 867 g/mol. The van der Waals surface area contributed by atoms with Crippen LogP contribution in [0.1, 0.15) is 0 Å². The normalized spacial score (nSPS) is 11.8. The molecule has 0 fully saturated rings. The van der Waals surface area contributed by atoms with Crippen LogP contribution in [0.25, 0.3) is 133 Å². The molecule has 316 valence electrons. The Morgan fingerprint density at radius 3 is 1.40 bits per heavy atom. The third kappa shape index (κ3) is 5.91. The van der Waals surface area contributed by atoms with Crippen LogP contribution in [0.4, 0.5) is 0 Å². The van der Waals surface area contributed by atoms with Crippen molar-refractivity contribution in [2.24, 2.45) is 0 Å². The first-order valence-corrected chi connectivity index (χ1v) is 23.0. The van der Waals surface area contributed by atoms with Gasteiger partial charge in [0, 0.05) is 38.4 Å². The largest absolute Gasteiger partial charge is 0.307 e. The van der Waals surface area contributed by atoms with E-state index in [4.69, 9.17) is 19.9 Å². The molecule has 14 rings (SSSR count). The summed E-state index contributed by atoms with van der Waals surface area (Å²) in [4.78, 5) is 21.0. The van der Waals surface area contributed by atoms with Gasteiger partial charge in [-0.15, -0.1) is 0 Å². The summed E-state index contributed by atoms with van der Waals surface area (Å²) < 4.78 is 4.67. The maximum Gasteiger partial charge on any atom is 0.238 e. The van der Waals surface area contributed by atoms with Crippen LogP contribution < -0.4 is 0 Å². The lowest BCUT2D eigenvalue weighted by molar-refractivity contribution is 0.948. The van der Waals surface area contributed by atoms with Gasteiger partial charge in [-0.3, -0.25) is 4.57 Å². The monoisotopic (exact) mass is 866 g/mol. The van der Waals surface area contributed by atoms with Crippen LogP contribution in [0.2, 0.25) is 0 Å². The van der Waals surface area contributed by atoms with Crippen LogP contribution >= 0.6 is 0 Å². The second kappa shape index (κ2) is 15.2. The Morgan fingerprint density at radius 1 is 0.250 bits per heavy atom. The number of para-hydroxylation sites is 2. The highest BCUT2D eigenvalue weighted by molar-refractivity contribution is 6.26. The molecule has 0 radical (unpaired) electrons. The van der Waals surface area contributed by atoms with E-state index in [0.717, 1.165) is 71.9 Å². The molecule has 0 spiro atoms. The molecule has 0 N–H and O–H groups in total. The number of hydrogen-bond donors (Lipinski definition) is 0. The van der Waals surface area contributed by atoms with E-state index in [1.165, 1.54) is 37.7 Å². The predicted molar refractivity (Wildman–Crippen MR) is 281 cm³/mol. The summed E-state index contributed by atoms with van der Waals surface area (Å²) in [6, 6.07) is 81.7. The summed E-state index contributed by atoms with van der Waals surface area (Å²) in [5.74, 6) is 1.58. The average Bonchev–Trinajstić information content (AvgIpc) is 3.94. The fourth-order valence-corrected chi connectivity index (χ4v) is 10.5. The fourth-order valence-electron chi connectivity index (χ4n) is 10.5. The van der Waals surface area contributed by atoms with Gasteiger partial charge in [-0.05, 0) is 85.9 Å². The van der Waals surface area contributed by atoms with Crippen molar-refractivity contribution in [2.45, 2.75) is 0 Å². The molecule has 0 unspecified atom stereocenters. The van der Waals surface area contributed by atoms with Crippen molar-refractivity contribution in [1.82, 2.24) is 29.1 Å². The molecular formula is C62H38N6. The van der Waals surface area contributed by atoms with E-state index in [1.807, 2.05) is 66.7 Å². The molecule has 6 heteroatoms. The van der Waals surface area contributed by atoms with Gasteiger partial charge in [0.25, 0.3) is 0 Å². The van der Waals surface area contributed by atoms with E-state index in [1.54, 1.807) is 0 Å². The van der Waals surface area contributed by atoms with Crippen LogP contribution in [-0.4, -0.2) is 29.1 Å². The topological polar surface area (TPSA) is 61.4 Å². The Kier molecular flexibility index (Phi) is 8.48. The highest BCUT2D eigenvalue weighted by Gasteiger charge is 2.24. The molecule has 6 nitrogen and oxygen atoms in total. The van der Waals surface area contributed by atoms with Gasteiger partial charge in [-0.1, -0.05) is 188 Å². The zero-order valence-electron chi connectivity index (χ0n) is 36.6. The first-order valence-electron chi connectivity index (χ1n) is 23.0. The molecule has 0 bridgehead atoms. The van der Waals surface area contributed by atoms with Crippen LogP contribution in [0.5, 0.6) is 0 Å². The van der Waals surface area contributed by atoms with Gasteiger partial charge in [-0.25, -0.2) is 9.97 Å². The molecule has 0 saturated carbocycles. The minimum atomic E-state index is 0.495. The maximum absolute atomic E-state index is 5.36. The number of fused-ring (bicyclic) bond motifs is 13. The SMILES string of the molecule is c1ccc(-c2cccc(-c3nc(-c4ccccc4)nc(-n4c5ccccc5c5ccc6c7ccccc7n(-c7cccc(-c8ccc9c%10ccccc%10c%10ccccc%10c9c8)c7)c6c54)n3)n2)cc1. The standard InChI is InChI=1S/C62H38N6/c1-3-17-39(18-4-1)54-29-16-30-55(63-54)61-64-60(40-19-5-2-6-20-40)65-62(66-61)68-57-32-14-12-28-50(57)52-36-35-51-49-27-11-13-31-56(49)67(58(51)59(52)68)43-22-15-21-41(37-43)42-33-34-48-46-25-8-7-23-44(46)45-24-9-10-26-47(45)53(48)38-42/h1-38H. The molecule has 0 atom stereocenters. The molecule has 0 saturated heterocycles. The summed E-state index contributed by atoms with van der Waals surface area (Å²) in [5, 5.41) is 12.1. The molecule has 10 aromatic carbocycles. The Bertz CT molecular complexity index is 4290. The van der Waals surface area contributed by atoms with Crippen molar-refractivity contribution < 1.29 is 0 Å². The van der Waals surface area contributed by atoms with Crippen molar-refractivity contribution in [3.8, 4) is 56.9 Å². The summed E-state index contributed by atoms with van der Waals surface area (Å²) in [7, 11) is 0. The van der Waals surface area contributed by atoms with Crippen molar-refractivity contribution in [1.29, 1.82) is 0 Å². The molecule has 14 aromatic rings. The lowest BCUT2D eigenvalue weighted by Gasteiger charge is -2.15. The minimum Gasteiger partial charge on any atom is -0.307 e. The Labute approximate surface area is 390 Å². The Morgan fingerprint density at radius 2 is 0.721 bits per heavy atom. The summed E-state index contributed by atoms with van der Waals surface area (Å²) >= 11 is 0. The molecule has 68 heavy (non-hydrogen) atoms. The number of pyridine rings is 1. The lowest BCUT2D eigenvalue weighted by Crippen LogP contribution is -2.07. The number of rotatable bonds is 6. The molecule has 0 aliphatic carbocycles. The van der Waals surface area contributed by atoms with E-state index < -0.39 is 0 Å². The van der Waals surface area contributed by atoms with Crippen molar-refractivity contribution in [2.75, 3.05) is 0 Å². The van der Waals surface area contributed by atoms with Gasteiger partial charge in [0.05, 0.1) is 27.8 Å².